The Morgan fingerprint density at radius 1 is 1.18 bits per heavy atom. The van der Waals surface area contributed by atoms with Gasteiger partial charge in [0.2, 0.25) is 0 Å². The Bertz CT molecular complexity index is 235. The van der Waals surface area contributed by atoms with Gasteiger partial charge in [-0.05, 0) is 11.0 Å². The van der Waals surface area contributed by atoms with Crippen LogP contribution in [0, 0.1) is 3.83 Å². The molecule has 1 aromatic heterocycles. The number of aromatic nitrogens is 2. The van der Waals surface area contributed by atoms with E-state index in [1.54, 1.807) is 0 Å². The molecule has 1 heterocycles. The highest BCUT2D eigenvalue weighted by molar-refractivity contribution is 14.1. The minimum Gasteiger partial charge on any atom is -0.231 e. The summed E-state index contributed by atoms with van der Waals surface area (Å²) in [7, 11) is 0. The van der Waals surface area contributed by atoms with E-state index in [-0.39, 0.29) is 5.41 Å². The van der Waals surface area contributed by atoms with Crippen LogP contribution in [-0.2, 0) is 5.41 Å². The zero-order valence-corrected chi connectivity index (χ0v) is 9.08. The SMILES string of the molecule is CC(C)(C)c1cnc(I)nc1. The molecule has 0 saturated heterocycles. The lowest BCUT2D eigenvalue weighted by Gasteiger charge is -2.17. The maximum atomic E-state index is 4.12. The first-order valence-electron chi connectivity index (χ1n) is 3.48. The van der Waals surface area contributed by atoms with E-state index in [4.69, 9.17) is 0 Å². The monoisotopic (exact) mass is 262 g/mol. The molecule has 1 aromatic rings. The molecule has 11 heavy (non-hydrogen) atoms. The van der Waals surface area contributed by atoms with Crippen LogP contribution in [0.5, 0.6) is 0 Å². The fourth-order valence-electron chi connectivity index (χ4n) is 0.700. The standard InChI is InChI=1S/C8H11IN2/c1-8(2,3)6-4-10-7(9)11-5-6/h4-5H,1-3H3. The summed E-state index contributed by atoms with van der Waals surface area (Å²) in [6.07, 6.45) is 3.77. The lowest BCUT2D eigenvalue weighted by Crippen LogP contribution is -2.12. The quantitative estimate of drug-likeness (QED) is 0.530. The zero-order chi connectivity index (χ0) is 8.48. The Hall–Kier alpha value is -0.190. The van der Waals surface area contributed by atoms with Crippen LogP contribution in [0.4, 0.5) is 0 Å². The van der Waals surface area contributed by atoms with Crippen molar-refractivity contribution < 1.29 is 0 Å². The summed E-state index contributed by atoms with van der Waals surface area (Å²) in [6.45, 7) is 6.45. The molecule has 0 bridgehead atoms. The number of rotatable bonds is 0. The van der Waals surface area contributed by atoms with Gasteiger partial charge in [0.15, 0.2) is 3.83 Å². The predicted molar refractivity (Wildman–Crippen MR) is 53.4 cm³/mol. The second kappa shape index (κ2) is 3.05. The van der Waals surface area contributed by atoms with Gasteiger partial charge in [-0.15, -0.1) is 0 Å². The largest absolute Gasteiger partial charge is 0.231 e. The van der Waals surface area contributed by atoms with Gasteiger partial charge in [-0.2, -0.15) is 0 Å². The molecule has 2 nitrogen and oxygen atoms in total. The third kappa shape index (κ3) is 2.39. The lowest BCUT2D eigenvalue weighted by atomic mass is 9.89. The van der Waals surface area contributed by atoms with Gasteiger partial charge in [-0.3, -0.25) is 0 Å². The number of halogens is 1. The van der Waals surface area contributed by atoms with E-state index in [1.165, 1.54) is 5.56 Å². The normalized spacial score (nSPS) is 11.6. The van der Waals surface area contributed by atoms with Crippen molar-refractivity contribution in [1.82, 2.24) is 9.97 Å². The zero-order valence-electron chi connectivity index (χ0n) is 6.93. The average molecular weight is 262 g/mol. The maximum Gasteiger partial charge on any atom is 0.190 e. The molecule has 3 heteroatoms. The topological polar surface area (TPSA) is 25.8 Å². The van der Waals surface area contributed by atoms with Gasteiger partial charge < -0.3 is 0 Å². The van der Waals surface area contributed by atoms with E-state index in [1.807, 2.05) is 12.4 Å². The maximum absolute atomic E-state index is 4.12. The Labute approximate surface area is 80.6 Å². The Morgan fingerprint density at radius 3 is 2.00 bits per heavy atom. The summed E-state index contributed by atoms with van der Waals surface area (Å²) < 4.78 is 0.801. The van der Waals surface area contributed by atoms with Gasteiger partial charge in [-0.1, -0.05) is 20.8 Å². The molecular formula is C8H11IN2. The van der Waals surface area contributed by atoms with E-state index >= 15 is 0 Å². The van der Waals surface area contributed by atoms with Crippen molar-refractivity contribution in [1.29, 1.82) is 0 Å². The number of nitrogens with zero attached hydrogens (tertiary/aromatic N) is 2. The molecular weight excluding hydrogens is 251 g/mol. The molecule has 0 unspecified atom stereocenters. The van der Waals surface area contributed by atoms with E-state index in [9.17, 15) is 0 Å². The van der Waals surface area contributed by atoms with Crippen LogP contribution in [0.3, 0.4) is 0 Å². The van der Waals surface area contributed by atoms with Crippen molar-refractivity contribution in [3.8, 4) is 0 Å². The summed E-state index contributed by atoms with van der Waals surface area (Å²) in [5.74, 6) is 0. The first-order valence-corrected chi connectivity index (χ1v) is 4.56. The van der Waals surface area contributed by atoms with Crippen LogP contribution in [0.2, 0.25) is 0 Å². The third-order valence-electron chi connectivity index (χ3n) is 1.49. The van der Waals surface area contributed by atoms with Gasteiger partial charge in [0, 0.05) is 35.0 Å². The minimum absolute atomic E-state index is 0.157. The van der Waals surface area contributed by atoms with Crippen molar-refractivity contribution in [2.45, 2.75) is 26.2 Å². The molecule has 60 valence electrons. The van der Waals surface area contributed by atoms with Crippen molar-refractivity contribution in [3.05, 3.63) is 21.8 Å². The van der Waals surface area contributed by atoms with Crippen molar-refractivity contribution >= 4 is 22.6 Å². The van der Waals surface area contributed by atoms with Crippen LogP contribution >= 0.6 is 22.6 Å². The van der Waals surface area contributed by atoms with Gasteiger partial charge in [0.25, 0.3) is 0 Å². The average Bonchev–Trinajstić information content (AvgIpc) is 1.86. The van der Waals surface area contributed by atoms with E-state index < -0.39 is 0 Å². The number of hydrogen-bond acceptors (Lipinski definition) is 2. The van der Waals surface area contributed by atoms with Crippen LogP contribution in [0.15, 0.2) is 12.4 Å². The Balaban J connectivity index is 2.99. The first-order chi connectivity index (χ1) is 5.00. The molecule has 0 aliphatic rings. The van der Waals surface area contributed by atoms with E-state index in [0.717, 1.165) is 3.83 Å². The summed E-state index contributed by atoms with van der Waals surface area (Å²) in [4.78, 5) is 8.24. The fourth-order valence-corrected chi connectivity index (χ4v) is 0.978. The smallest absolute Gasteiger partial charge is 0.190 e. The van der Waals surface area contributed by atoms with Gasteiger partial charge >= 0.3 is 0 Å². The Kier molecular flexibility index (Phi) is 2.47. The molecule has 0 aromatic carbocycles. The minimum atomic E-state index is 0.157. The molecule has 0 saturated carbocycles. The van der Waals surface area contributed by atoms with E-state index in [0.29, 0.717) is 0 Å². The molecule has 0 amide bonds. The van der Waals surface area contributed by atoms with Gasteiger partial charge in [-0.25, -0.2) is 9.97 Å². The van der Waals surface area contributed by atoms with Gasteiger partial charge in [0.1, 0.15) is 0 Å². The summed E-state index contributed by atoms with van der Waals surface area (Å²) in [6, 6.07) is 0. The summed E-state index contributed by atoms with van der Waals surface area (Å²) in [5, 5.41) is 0. The predicted octanol–water partition coefficient (Wildman–Crippen LogP) is 2.38. The first kappa shape index (κ1) is 8.90. The third-order valence-corrected chi connectivity index (χ3v) is 2.04. The van der Waals surface area contributed by atoms with Crippen molar-refractivity contribution in [2.24, 2.45) is 0 Å². The molecule has 0 N–H and O–H groups in total. The fraction of sp³-hybridized carbons (Fsp3) is 0.500. The second-order valence-corrected chi connectivity index (χ2v) is 4.46. The van der Waals surface area contributed by atoms with Crippen LogP contribution in [0.1, 0.15) is 26.3 Å². The van der Waals surface area contributed by atoms with E-state index in [2.05, 4.69) is 53.3 Å². The molecule has 1 rings (SSSR count). The lowest BCUT2D eigenvalue weighted by molar-refractivity contribution is 0.583. The summed E-state index contributed by atoms with van der Waals surface area (Å²) >= 11 is 2.10. The van der Waals surface area contributed by atoms with Crippen molar-refractivity contribution in [2.75, 3.05) is 0 Å². The molecule has 0 radical (unpaired) electrons. The Morgan fingerprint density at radius 2 is 1.64 bits per heavy atom. The second-order valence-electron chi connectivity index (χ2n) is 3.49. The molecule has 0 aliphatic carbocycles. The summed E-state index contributed by atoms with van der Waals surface area (Å²) in [5.41, 5.74) is 1.34. The number of hydrogen-bond donors (Lipinski definition) is 0. The molecule has 0 atom stereocenters. The molecule has 0 fully saturated rings. The van der Waals surface area contributed by atoms with Gasteiger partial charge in [0.05, 0.1) is 0 Å². The van der Waals surface area contributed by atoms with Crippen molar-refractivity contribution in [3.63, 3.8) is 0 Å². The molecule has 0 spiro atoms. The van der Waals surface area contributed by atoms with Crippen LogP contribution in [0.25, 0.3) is 0 Å². The van der Waals surface area contributed by atoms with Crippen LogP contribution < -0.4 is 0 Å². The molecule has 0 aliphatic heterocycles. The van der Waals surface area contributed by atoms with Crippen LogP contribution in [-0.4, -0.2) is 9.97 Å². The highest BCUT2D eigenvalue weighted by Crippen LogP contribution is 2.19. The highest BCUT2D eigenvalue weighted by Gasteiger charge is 2.13. The highest BCUT2D eigenvalue weighted by atomic mass is 127.